The number of ketones is 1. The lowest BCUT2D eigenvalue weighted by Crippen LogP contribution is -2.15. The fraction of sp³-hybridized carbons (Fsp3) is 0.375. The molecule has 19 heavy (non-hydrogen) atoms. The summed E-state index contributed by atoms with van der Waals surface area (Å²) in [5, 5.41) is 4.42. The number of benzene rings is 1. The average Bonchev–Trinajstić information content (AvgIpc) is 2.79. The van der Waals surface area contributed by atoms with Crippen LogP contribution < -0.4 is 0 Å². The number of hydrogen-bond acceptors (Lipinski definition) is 2. The van der Waals surface area contributed by atoms with Crippen LogP contribution in [0.4, 0.5) is 0 Å². The highest BCUT2D eigenvalue weighted by Crippen LogP contribution is 2.15. The van der Waals surface area contributed by atoms with Crippen molar-refractivity contribution in [2.24, 2.45) is 13.0 Å². The molecule has 0 radical (unpaired) electrons. The van der Waals surface area contributed by atoms with E-state index in [1.54, 1.807) is 0 Å². The van der Waals surface area contributed by atoms with Crippen LogP contribution in [0.25, 0.3) is 0 Å². The van der Waals surface area contributed by atoms with Gasteiger partial charge in [-0.05, 0) is 18.9 Å². The van der Waals surface area contributed by atoms with Crippen LogP contribution in [0.2, 0.25) is 0 Å². The van der Waals surface area contributed by atoms with Crippen molar-refractivity contribution in [2.75, 3.05) is 0 Å². The van der Waals surface area contributed by atoms with Crippen LogP contribution in [-0.2, 0) is 19.9 Å². The zero-order chi connectivity index (χ0) is 13.8. The molecule has 1 heterocycles. The lowest BCUT2D eigenvalue weighted by Gasteiger charge is -2.10. The van der Waals surface area contributed by atoms with Gasteiger partial charge in [-0.25, -0.2) is 0 Å². The molecule has 3 nitrogen and oxygen atoms in total. The highest BCUT2D eigenvalue weighted by Gasteiger charge is 2.17. The van der Waals surface area contributed by atoms with E-state index >= 15 is 0 Å². The number of rotatable bonds is 5. The molecule has 0 aliphatic rings. The van der Waals surface area contributed by atoms with Gasteiger partial charge in [0.25, 0.3) is 0 Å². The van der Waals surface area contributed by atoms with Crippen LogP contribution in [0.1, 0.15) is 35.6 Å². The zero-order valence-electron chi connectivity index (χ0n) is 11.8. The summed E-state index contributed by atoms with van der Waals surface area (Å²) < 4.78 is 1.88. The fourth-order valence-electron chi connectivity index (χ4n) is 2.23. The van der Waals surface area contributed by atoms with Crippen molar-refractivity contribution in [3.63, 3.8) is 0 Å². The molecule has 2 rings (SSSR count). The molecular formula is C16H20N2O. The quantitative estimate of drug-likeness (QED) is 0.771. The summed E-state index contributed by atoms with van der Waals surface area (Å²) in [6, 6.07) is 11.6. The first kappa shape index (κ1) is 13.5. The van der Waals surface area contributed by atoms with Crippen molar-refractivity contribution < 1.29 is 4.79 Å². The van der Waals surface area contributed by atoms with Gasteiger partial charge in [-0.3, -0.25) is 9.48 Å². The summed E-state index contributed by atoms with van der Waals surface area (Å²) in [5.74, 6) is 0.169. The van der Waals surface area contributed by atoms with E-state index in [1.165, 1.54) is 0 Å². The van der Waals surface area contributed by atoms with E-state index in [-0.39, 0.29) is 11.7 Å². The minimum absolute atomic E-state index is 0.0255. The number of hydrogen-bond donors (Lipinski definition) is 0. The summed E-state index contributed by atoms with van der Waals surface area (Å²) in [6.45, 7) is 4.07. The van der Waals surface area contributed by atoms with Gasteiger partial charge in [0, 0.05) is 24.2 Å². The van der Waals surface area contributed by atoms with Crippen LogP contribution in [0.5, 0.6) is 0 Å². The molecule has 1 atom stereocenters. The summed E-state index contributed by atoms with van der Waals surface area (Å²) >= 11 is 0. The highest BCUT2D eigenvalue weighted by molar-refractivity contribution is 5.97. The molecule has 2 aromatic rings. The van der Waals surface area contributed by atoms with Gasteiger partial charge in [-0.2, -0.15) is 5.10 Å². The minimum Gasteiger partial charge on any atom is -0.294 e. The van der Waals surface area contributed by atoms with Crippen molar-refractivity contribution in [2.45, 2.75) is 26.7 Å². The first-order chi connectivity index (χ1) is 9.11. The van der Waals surface area contributed by atoms with Crippen molar-refractivity contribution in [3.8, 4) is 0 Å². The average molecular weight is 256 g/mol. The molecular weight excluding hydrogens is 236 g/mol. The molecule has 0 aliphatic carbocycles. The topological polar surface area (TPSA) is 34.9 Å². The zero-order valence-corrected chi connectivity index (χ0v) is 11.8. The second kappa shape index (κ2) is 5.83. The Labute approximate surface area is 114 Å². The van der Waals surface area contributed by atoms with Crippen LogP contribution >= 0.6 is 0 Å². The van der Waals surface area contributed by atoms with Crippen molar-refractivity contribution in [1.29, 1.82) is 0 Å². The molecule has 0 amide bonds. The standard InChI is InChI=1S/C16H20N2O/c1-4-14-11-15(18(3)17-14)10-12(2)16(19)13-8-6-5-7-9-13/h5-9,11-12H,4,10H2,1-3H3. The minimum atomic E-state index is -0.0255. The van der Waals surface area contributed by atoms with Crippen LogP contribution in [0.15, 0.2) is 36.4 Å². The van der Waals surface area contributed by atoms with E-state index in [4.69, 9.17) is 0 Å². The Hall–Kier alpha value is -1.90. The summed E-state index contributed by atoms with van der Waals surface area (Å²) in [4.78, 5) is 12.3. The Morgan fingerprint density at radius 1 is 1.32 bits per heavy atom. The summed E-state index contributed by atoms with van der Waals surface area (Å²) in [5.41, 5.74) is 2.98. The molecule has 0 N–H and O–H groups in total. The Balaban J connectivity index is 2.10. The lowest BCUT2D eigenvalue weighted by atomic mass is 9.95. The van der Waals surface area contributed by atoms with Gasteiger partial charge in [0.1, 0.15) is 0 Å². The van der Waals surface area contributed by atoms with Crippen LogP contribution in [0, 0.1) is 5.92 Å². The van der Waals surface area contributed by atoms with E-state index in [0.717, 1.165) is 29.8 Å². The first-order valence-corrected chi connectivity index (χ1v) is 6.73. The normalized spacial score (nSPS) is 12.4. The third-order valence-corrected chi connectivity index (χ3v) is 3.41. The van der Waals surface area contributed by atoms with Crippen molar-refractivity contribution in [3.05, 3.63) is 53.3 Å². The largest absolute Gasteiger partial charge is 0.294 e. The number of aryl methyl sites for hydroxylation is 2. The van der Waals surface area contributed by atoms with Crippen molar-refractivity contribution >= 4 is 5.78 Å². The maximum absolute atomic E-state index is 12.3. The van der Waals surface area contributed by atoms with Gasteiger partial charge >= 0.3 is 0 Å². The maximum Gasteiger partial charge on any atom is 0.166 e. The van der Waals surface area contributed by atoms with Gasteiger partial charge in [0.05, 0.1) is 5.69 Å². The molecule has 0 aliphatic heterocycles. The molecule has 3 heteroatoms. The van der Waals surface area contributed by atoms with Gasteiger partial charge < -0.3 is 0 Å². The molecule has 1 unspecified atom stereocenters. The Morgan fingerprint density at radius 3 is 2.58 bits per heavy atom. The van der Waals surface area contributed by atoms with E-state index in [0.29, 0.717) is 0 Å². The molecule has 0 fully saturated rings. The Morgan fingerprint density at radius 2 is 2.00 bits per heavy atom. The van der Waals surface area contributed by atoms with Gasteiger partial charge in [0.2, 0.25) is 0 Å². The SMILES string of the molecule is CCc1cc(CC(C)C(=O)c2ccccc2)n(C)n1. The van der Waals surface area contributed by atoms with Crippen LogP contribution in [-0.4, -0.2) is 15.6 Å². The second-order valence-electron chi connectivity index (χ2n) is 4.94. The van der Waals surface area contributed by atoms with Gasteiger partial charge in [-0.15, -0.1) is 0 Å². The third-order valence-electron chi connectivity index (χ3n) is 3.41. The summed E-state index contributed by atoms with van der Waals surface area (Å²) in [6.07, 6.45) is 1.66. The second-order valence-corrected chi connectivity index (χ2v) is 4.94. The monoisotopic (exact) mass is 256 g/mol. The maximum atomic E-state index is 12.3. The molecule has 1 aromatic heterocycles. The molecule has 0 spiro atoms. The third kappa shape index (κ3) is 3.11. The molecule has 100 valence electrons. The molecule has 0 saturated heterocycles. The number of nitrogens with zero attached hydrogens (tertiary/aromatic N) is 2. The van der Waals surface area contributed by atoms with Gasteiger partial charge in [0.15, 0.2) is 5.78 Å². The van der Waals surface area contributed by atoms with E-state index in [9.17, 15) is 4.79 Å². The van der Waals surface area contributed by atoms with Gasteiger partial charge in [-0.1, -0.05) is 44.2 Å². The number of carbonyl (C=O) groups excluding carboxylic acids is 1. The van der Waals surface area contributed by atoms with Crippen molar-refractivity contribution in [1.82, 2.24) is 9.78 Å². The van der Waals surface area contributed by atoms with E-state index in [2.05, 4.69) is 18.1 Å². The Bertz CT molecular complexity index is 557. The van der Waals surface area contributed by atoms with Crippen LogP contribution in [0.3, 0.4) is 0 Å². The first-order valence-electron chi connectivity index (χ1n) is 6.73. The van der Waals surface area contributed by atoms with E-state index < -0.39 is 0 Å². The number of Topliss-reactive ketones (excluding diaryl/α,β-unsaturated/α-hetero) is 1. The Kier molecular flexibility index (Phi) is 4.15. The fourth-order valence-corrected chi connectivity index (χ4v) is 2.23. The molecule has 0 bridgehead atoms. The molecule has 0 saturated carbocycles. The smallest absolute Gasteiger partial charge is 0.166 e. The lowest BCUT2D eigenvalue weighted by molar-refractivity contribution is 0.0928. The number of carbonyl (C=O) groups is 1. The van der Waals surface area contributed by atoms with E-state index in [1.807, 2.05) is 49.0 Å². The predicted molar refractivity (Wildman–Crippen MR) is 76.2 cm³/mol. The summed E-state index contributed by atoms with van der Waals surface area (Å²) in [7, 11) is 1.94. The highest BCUT2D eigenvalue weighted by atomic mass is 16.1. The molecule has 1 aromatic carbocycles. The predicted octanol–water partition coefficient (Wildman–Crippen LogP) is 3.04. The number of aromatic nitrogens is 2.